The molecule has 3 aromatic rings. The van der Waals surface area contributed by atoms with Crippen LogP contribution in [0, 0.1) is 0 Å². The highest BCUT2D eigenvalue weighted by atomic mass is 79.9. The maximum Gasteiger partial charge on any atom is 0.273 e. The minimum Gasteiger partial charge on any atom is -0.493 e. The SMILES string of the molecule is COc1cc(C=NNC(=O)C(OC)c2ccnc3ccccc23)cc(Br)c1OC. The first-order valence-corrected chi connectivity index (χ1v) is 9.49. The number of methoxy groups -OCH3 is 3. The van der Waals surface area contributed by atoms with E-state index < -0.39 is 6.10 Å². The molecule has 0 bridgehead atoms. The average Bonchev–Trinajstić information content (AvgIpc) is 2.74. The van der Waals surface area contributed by atoms with Crippen molar-refractivity contribution in [3.8, 4) is 11.5 Å². The van der Waals surface area contributed by atoms with Crippen molar-refractivity contribution in [2.24, 2.45) is 5.10 Å². The molecule has 150 valence electrons. The molecule has 0 aliphatic heterocycles. The lowest BCUT2D eigenvalue weighted by Crippen LogP contribution is -2.26. The third-order valence-corrected chi connectivity index (χ3v) is 4.87. The van der Waals surface area contributed by atoms with E-state index in [2.05, 4.69) is 31.4 Å². The molecule has 1 unspecified atom stereocenters. The fourth-order valence-electron chi connectivity index (χ4n) is 2.96. The van der Waals surface area contributed by atoms with Crippen LogP contribution in [0.1, 0.15) is 17.2 Å². The maximum absolute atomic E-state index is 12.7. The summed E-state index contributed by atoms with van der Waals surface area (Å²) in [6.07, 6.45) is 2.35. The van der Waals surface area contributed by atoms with E-state index in [-0.39, 0.29) is 5.91 Å². The second kappa shape index (κ2) is 9.49. The van der Waals surface area contributed by atoms with Gasteiger partial charge in [-0.15, -0.1) is 0 Å². The fourth-order valence-corrected chi connectivity index (χ4v) is 3.58. The first-order chi connectivity index (χ1) is 14.1. The van der Waals surface area contributed by atoms with E-state index >= 15 is 0 Å². The Bertz CT molecular complexity index is 1050. The van der Waals surface area contributed by atoms with Crippen LogP contribution in [-0.2, 0) is 9.53 Å². The van der Waals surface area contributed by atoms with Gasteiger partial charge in [0.15, 0.2) is 17.6 Å². The molecule has 0 fully saturated rings. The van der Waals surface area contributed by atoms with Crippen LogP contribution in [0.3, 0.4) is 0 Å². The molecule has 1 aromatic heterocycles. The topological polar surface area (TPSA) is 82.0 Å². The van der Waals surface area contributed by atoms with E-state index in [0.717, 1.165) is 22.0 Å². The van der Waals surface area contributed by atoms with Gasteiger partial charge in [0, 0.05) is 24.3 Å². The first-order valence-electron chi connectivity index (χ1n) is 8.70. The highest BCUT2D eigenvalue weighted by Gasteiger charge is 2.22. The molecule has 1 heterocycles. The first kappa shape index (κ1) is 20.8. The van der Waals surface area contributed by atoms with Crippen LogP contribution in [0.25, 0.3) is 10.9 Å². The number of hydrazone groups is 1. The van der Waals surface area contributed by atoms with Crippen LogP contribution >= 0.6 is 15.9 Å². The molecule has 0 aliphatic carbocycles. The average molecular weight is 458 g/mol. The van der Waals surface area contributed by atoms with Crippen molar-refractivity contribution in [3.63, 3.8) is 0 Å². The quantitative estimate of drug-likeness (QED) is 0.430. The van der Waals surface area contributed by atoms with Gasteiger partial charge >= 0.3 is 0 Å². The molecule has 29 heavy (non-hydrogen) atoms. The summed E-state index contributed by atoms with van der Waals surface area (Å²) in [6, 6.07) is 12.9. The van der Waals surface area contributed by atoms with Crippen molar-refractivity contribution in [1.82, 2.24) is 10.4 Å². The van der Waals surface area contributed by atoms with Crippen molar-refractivity contribution in [2.75, 3.05) is 21.3 Å². The number of hydrogen-bond donors (Lipinski definition) is 1. The summed E-state index contributed by atoms with van der Waals surface area (Å²) in [6.45, 7) is 0. The standard InChI is InChI=1S/C21H20BrN3O4/c1-27-18-11-13(10-16(22)20(18)29-3)12-24-25-21(26)19(28-2)15-8-9-23-17-7-5-4-6-14(15)17/h4-12,19H,1-3H3,(H,25,26). The monoisotopic (exact) mass is 457 g/mol. The number of aromatic nitrogens is 1. The Morgan fingerprint density at radius 2 is 1.97 bits per heavy atom. The van der Waals surface area contributed by atoms with Crippen LogP contribution in [0.5, 0.6) is 11.5 Å². The summed E-state index contributed by atoms with van der Waals surface area (Å²) in [7, 11) is 4.59. The van der Waals surface area contributed by atoms with Crippen molar-refractivity contribution in [1.29, 1.82) is 0 Å². The Morgan fingerprint density at radius 3 is 2.69 bits per heavy atom. The number of hydrogen-bond acceptors (Lipinski definition) is 6. The lowest BCUT2D eigenvalue weighted by atomic mass is 10.0. The second-order valence-corrected chi connectivity index (χ2v) is 6.86. The van der Waals surface area contributed by atoms with Crippen LogP contribution in [-0.4, -0.2) is 38.4 Å². The number of ether oxygens (including phenoxy) is 3. The minimum absolute atomic E-state index is 0.389. The predicted molar refractivity (Wildman–Crippen MR) is 114 cm³/mol. The zero-order chi connectivity index (χ0) is 20.8. The predicted octanol–water partition coefficient (Wildman–Crippen LogP) is 3.85. The van der Waals surface area contributed by atoms with Gasteiger partial charge < -0.3 is 14.2 Å². The van der Waals surface area contributed by atoms with Crippen molar-refractivity contribution in [2.45, 2.75) is 6.10 Å². The van der Waals surface area contributed by atoms with Crippen LogP contribution in [0.2, 0.25) is 0 Å². The van der Waals surface area contributed by atoms with Crippen molar-refractivity contribution < 1.29 is 19.0 Å². The van der Waals surface area contributed by atoms with Gasteiger partial charge in [-0.2, -0.15) is 5.10 Å². The number of halogens is 1. The van der Waals surface area contributed by atoms with Gasteiger partial charge in [-0.1, -0.05) is 18.2 Å². The molecule has 0 spiro atoms. The number of carbonyl (C=O) groups is 1. The lowest BCUT2D eigenvalue weighted by Gasteiger charge is -2.15. The number of pyridine rings is 1. The summed E-state index contributed by atoms with van der Waals surface area (Å²) in [5.74, 6) is 0.741. The van der Waals surface area contributed by atoms with Gasteiger partial charge in [-0.3, -0.25) is 9.78 Å². The molecule has 1 amide bonds. The Morgan fingerprint density at radius 1 is 1.17 bits per heavy atom. The van der Waals surface area contributed by atoms with Gasteiger partial charge in [0.25, 0.3) is 5.91 Å². The number of benzene rings is 2. The van der Waals surface area contributed by atoms with E-state index in [1.165, 1.54) is 13.3 Å². The van der Waals surface area contributed by atoms with E-state index in [4.69, 9.17) is 14.2 Å². The summed E-state index contributed by atoms with van der Waals surface area (Å²) < 4.78 is 16.7. The van der Waals surface area contributed by atoms with E-state index in [0.29, 0.717) is 16.0 Å². The molecule has 2 aromatic carbocycles. The summed E-state index contributed by atoms with van der Waals surface area (Å²) in [5.41, 5.74) is 4.76. The van der Waals surface area contributed by atoms with E-state index in [1.807, 2.05) is 24.3 Å². The molecule has 1 atom stereocenters. The van der Waals surface area contributed by atoms with Gasteiger partial charge in [0.1, 0.15) is 0 Å². The molecule has 7 nitrogen and oxygen atoms in total. The van der Waals surface area contributed by atoms with E-state index in [1.54, 1.807) is 38.6 Å². The largest absolute Gasteiger partial charge is 0.493 e. The number of carbonyl (C=O) groups excluding carboxylic acids is 1. The van der Waals surface area contributed by atoms with Gasteiger partial charge in [-0.25, -0.2) is 5.43 Å². The fraction of sp³-hybridized carbons (Fsp3) is 0.190. The van der Waals surface area contributed by atoms with Crippen LogP contribution < -0.4 is 14.9 Å². The summed E-state index contributed by atoms with van der Waals surface area (Å²) in [4.78, 5) is 17.0. The normalized spacial score (nSPS) is 12.1. The number of nitrogens with one attached hydrogen (secondary N) is 1. The molecule has 1 N–H and O–H groups in total. The van der Waals surface area contributed by atoms with Crippen molar-refractivity contribution >= 4 is 39.0 Å². The lowest BCUT2D eigenvalue weighted by molar-refractivity contribution is -0.131. The minimum atomic E-state index is -0.822. The maximum atomic E-state index is 12.7. The third kappa shape index (κ3) is 4.55. The molecule has 0 aliphatic rings. The third-order valence-electron chi connectivity index (χ3n) is 4.28. The molecule has 3 rings (SSSR count). The Labute approximate surface area is 176 Å². The molecule has 0 radical (unpaired) electrons. The number of rotatable bonds is 7. The Hall–Kier alpha value is -2.97. The molecule has 0 saturated carbocycles. The van der Waals surface area contributed by atoms with Gasteiger partial charge in [0.2, 0.25) is 0 Å². The van der Waals surface area contributed by atoms with Gasteiger partial charge in [0.05, 0.1) is 30.4 Å². The molecule has 8 heteroatoms. The molecular formula is C21H20BrN3O4. The van der Waals surface area contributed by atoms with Gasteiger partial charge in [-0.05, 0) is 45.8 Å². The molecule has 0 saturated heterocycles. The number of fused-ring (bicyclic) bond motifs is 1. The Kier molecular flexibility index (Phi) is 6.79. The summed E-state index contributed by atoms with van der Waals surface area (Å²) in [5, 5.41) is 4.90. The van der Waals surface area contributed by atoms with Crippen LogP contribution in [0.15, 0.2) is 58.2 Å². The zero-order valence-corrected chi connectivity index (χ0v) is 17.8. The summed E-state index contributed by atoms with van der Waals surface area (Å²) >= 11 is 3.43. The highest BCUT2D eigenvalue weighted by Crippen LogP contribution is 2.35. The van der Waals surface area contributed by atoms with Crippen molar-refractivity contribution in [3.05, 3.63) is 64.3 Å². The Balaban J connectivity index is 1.79. The zero-order valence-electron chi connectivity index (χ0n) is 16.2. The number of para-hydroxylation sites is 1. The second-order valence-electron chi connectivity index (χ2n) is 6.01. The van der Waals surface area contributed by atoms with E-state index in [9.17, 15) is 4.79 Å². The smallest absolute Gasteiger partial charge is 0.273 e. The highest BCUT2D eigenvalue weighted by molar-refractivity contribution is 9.10. The van der Waals surface area contributed by atoms with Crippen LogP contribution in [0.4, 0.5) is 0 Å². The number of nitrogens with zero attached hydrogens (tertiary/aromatic N) is 2. The molecular weight excluding hydrogens is 438 g/mol. The number of amides is 1.